The fraction of sp³-hybridized carbons (Fsp3) is 0.111. The lowest BCUT2D eigenvalue weighted by Crippen LogP contribution is -2.13. The number of hydrogen-bond donors (Lipinski definition) is 2. The van der Waals surface area contributed by atoms with E-state index in [4.69, 9.17) is 10.2 Å². The van der Waals surface area contributed by atoms with Crippen molar-refractivity contribution in [3.8, 4) is 0 Å². The Balaban J connectivity index is 2.91. The second kappa shape index (κ2) is 3.57. The minimum atomic E-state index is -3.78. The Labute approximate surface area is 91.0 Å². The number of nitrogens with two attached hydrogens (primary N) is 1. The zero-order chi connectivity index (χ0) is 11.1. The molecule has 0 amide bonds. The SMILES string of the molecule is NS(=O)(=O)c1c(CO)sc2ccccc12. The van der Waals surface area contributed by atoms with E-state index in [2.05, 4.69) is 0 Å². The molecule has 0 aliphatic carbocycles. The molecule has 1 aromatic carbocycles. The van der Waals surface area contributed by atoms with Crippen LogP contribution >= 0.6 is 11.3 Å². The van der Waals surface area contributed by atoms with Crippen LogP contribution < -0.4 is 5.14 Å². The van der Waals surface area contributed by atoms with Gasteiger partial charge in [-0.05, 0) is 6.07 Å². The molecule has 2 rings (SSSR count). The van der Waals surface area contributed by atoms with Gasteiger partial charge in [-0.3, -0.25) is 0 Å². The molecule has 3 N–H and O–H groups in total. The topological polar surface area (TPSA) is 80.4 Å². The van der Waals surface area contributed by atoms with Crippen molar-refractivity contribution in [1.82, 2.24) is 0 Å². The minimum Gasteiger partial charge on any atom is -0.391 e. The van der Waals surface area contributed by atoms with Gasteiger partial charge in [0.1, 0.15) is 4.90 Å². The summed E-state index contributed by atoms with van der Waals surface area (Å²) in [5.41, 5.74) is 0. The molecule has 0 saturated carbocycles. The van der Waals surface area contributed by atoms with E-state index < -0.39 is 10.0 Å². The van der Waals surface area contributed by atoms with Gasteiger partial charge in [-0.1, -0.05) is 18.2 Å². The maximum absolute atomic E-state index is 11.4. The molecule has 0 saturated heterocycles. The average Bonchev–Trinajstić information content (AvgIpc) is 2.54. The number of fused-ring (bicyclic) bond motifs is 1. The summed E-state index contributed by atoms with van der Waals surface area (Å²) in [6.45, 7) is -0.314. The Bertz CT molecular complexity index is 601. The van der Waals surface area contributed by atoms with Crippen LogP contribution in [-0.4, -0.2) is 13.5 Å². The summed E-state index contributed by atoms with van der Waals surface area (Å²) < 4.78 is 23.5. The van der Waals surface area contributed by atoms with Crippen molar-refractivity contribution < 1.29 is 13.5 Å². The third-order valence-corrected chi connectivity index (χ3v) is 4.37. The molecular formula is C9H9NO3S2. The normalized spacial score (nSPS) is 12.1. The highest BCUT2D eigenvalue weighted by Gasteiger charge is 2.20. The first-order valence-electron chi connectivity index (χ1n) is 4.18. The summed E-state index contributed by atoms with van der Waals surface area (Å²) in [7, 11) is -3.78. The fourth-order valence-electron chi connectivity index (χ4n) is 1.49. The van der Waals surface area contributed by atoms with Crippen molar-refractivity contribution in [2.45, 2.75) is 11.5 Å². The highest BCUT2D eigenvalue weighted by Crippen LogP contribution is 2.33. The van der Waals surface area contributed by atoms with E-state index in [9.17, 15) is 8.42 Å². The monoisotopic (exact) mass is 243 g/mol. The van der Waals surface area contributed by atoms with Crippen LogP contribution in [-0.2, 0) is 16.6 Å². The quantitative estimate of drug-likeness (QED) is 0.827. The average molecular weight is 243 g/mol. The van der Waals surface area contributed by atoms with Crippen molar-refractivity contribution in [2.24, 2.45) is 5.14 Å². The molecule has 80 valence electrons. The summed E-state index contributed by atoms with van der Waals surface area (Å²) >= 11 is 1.24. The van der Waals surface area contributed by atoms with Gasteiger partial charge in [-0.15, -0.1) is 11.3 Å². The Kier molecular flexibility index (Phi) is 2.51. The number of sulfonamides is 1. The number of aliphatic hydroxyl groups excluding tert-OH is 1. The summed E-state index contributed by atoms with van der Waals surface area (Å²) in [6, 6.07) is 7.04. The summed E-state index contributed by atoms with van der Waals surface area (Å²) in [6.07, 6.45) is 0. The zero-order valence-corrected chi connectivity index (χ0v) is 9.31. The van der Waals surface area contributed by atoms with Crippen LogP contribution in [0.5, 0.6) is 0 Å². The molecule has 0 bridgehead atoms. The molecule has 2 aromatic rings. The summed E-state index contributed by atoms with van der Waals surface area (Å²) in [5, 5.41) is 14.8. The first kappa shape index (κ1) is 10.6. The predicted octanol–water partition coefficient (Wildman–Crippen LogP) is 1.04. The van der Waals surface area contributed by atoms with Gasteiger partial charge in [0.2, 0.25) is 10.0 Å². The third-order valence-electron chi connectivity index (χ3n) is 2.05. The molecule has 0 fully saturated rings. The zero-order valence-electron chi connectivity index (χ0n) is 7.67. The van der Waals surface area contributed by atoms with Gasteiger partial charge in [-0.25, -0.2) is 13.6 Å². The second-order valence-electron chi connectivity index (χ2n) is 3.05. The number of rotatable bonds is 2. The number of primary sulfonamides is 1. The van der Waals surface area contributed by atoms with Gasteiger partial charge < -0.3 is 5.11 Å². The van der Waals surface area contributed by atoms with Crippen molar-refractivity contribution in [3.05, 3.63) is 29.1 Å². The van der Waals surface area contributed by atoms with E-state index in [0.29, 0.717) is 10.3 Å². The molecule has 0 unspecified atom stereocenters. The molecule has 0 aliphatic rings. The van der Waals surface area contributed by atoms with Crippen molar-refractivity contribution >= 4 is 31.4 Å². The smallest absolute Gasteiger partial charge is 0.239 e. The first-order valence-corrected chi connectivity index (χ1v) is 6.54. The van der Waals surface area contributed by atoms with E-state index in [-0.39, 0.29) is 11.5 Å². The van der Waals surface area contributed by atoms with Crippen LogP contribution in [0.4, 0.5) is 0 Å². The van der Waals surface area contributed by atoms with Gasteiger partial charge in [-0.2, -0.15) is 0 Å². The first-order chi connectivity index (χ1) is 7.04. The Hall–Kier alpha value is -0.950. The number of thiophene rings is 1. The van der Waals surface area contributed by atoms with Gasteiger partial charge in [0.05, 0.1) is 11.5 Å². The Morgan fingerprint density at radius 3 is 2.60 bits per heavy atom. The molecule has 1 heterocycles. The lowest BCUT2D eigenvalue weighted by molar-refractivity contribution is 0.283. The standard InChI is InChI=1S/C9H9NO3S2/c10-15(12,13)9-6-3-1-2-4-7(6)14-8(9)5-11/h1-4,11H,5H2,(H2,10,12,13). The van der Waals surface area contributed by atoms with Crippen LogP contribution in [0.15, 0.2) is 29.2 Å². The van der Waals surface area contributed by atoms with Crippen molar-refractivity contribution in [2.75, 3.05) is 0 Å². The Morgan fingerprint density at radius 1 is 1.33 bits per heavy atom. The van der Waals surface area contributed by atoms with E-state index in [0.717, 1.165) is 4.70 Å². The van der Waals surface area contributed by atoms with Gasteiger partial charge in [0, 0.05) is 10.1 Å². The van der Waals surface area contributed by atoms with E-state index in [1.807, 2.05) is 6.07 Å². The van der Waals surface area contributed by atoms with Crippen LogP contribution in [0, 0.1) is 0 Å². The molecule has 4 nitrogen and oxygen atoms in total. The molecule has 15 heavy (non-hydrogen) atoms. The highest BCUT2D eigenvalue weighted by atomic mass is 32.2. The van der Waals surface area contributed by atoms with Crippen LogP contribution in [0.3, 0.4) is 0 Å². The Morgan fingerprint density at radius 2 is 2.00 bits per heavy atom. The van der Waals surface area contributed by atoms with Crippen LogP contribution in [0.1, 0.15) is 4.88 Å². The number of hydrogen-bond acceptors (Lipinski definition) is 4. The van der Waals surface area contributed by atoms with E-state index in [1.54, 1.807) is 18.2 Å². The van der Waals surface area contributed by atoms with Gasteiger partial charge in [0.25, 0.3) is 0 Å². The fourth-order valence-corrected chi connectivity index (χ4v) is 3.85. The summed E-state index contributed by atoms with van der Waals surface area (Å²) in [4.78, 5) is 0.435. The van der Waals surface area contributed by atoms with Crippen molar-refractivity contribution in [1.29, 1.82) is 0 Å². The van der Waals surface area contributed by atoms with Crippen molar-refractivity contribution in [3.63, 3.8) is 0 Å². The van der Waals surface area contributed by atoms with Gasteiger partial charge >= 0.3 is 0 Å². The van der Waals surface area contributed by atoms with E-state index >= 15 is 0 Å². The lowest BCUT2D eigenvalue weighted by atomic mass is 10.2. The summed E-state index contributed by atoms with van der Waals surface area (Å²) in [5.74, 6) is 0. The largest absolute Gasteiger partial charge is 0.391 e. The molecule has 0 radical (unpaired) electrons. The second-order valence-corrected chi connectivity index (χ2v) is 5.69. The molecular weight excluding hydrogens is 234 g/mol. The minimum absolute atomic E-state index is 0.0469. The maximum Gasteiger partial charge on any atom is 0.239 e. The molecule has 6 heteroatoms. The number of aliphatic hydroxyl groups is 1. The van der Waals surface area contributed by atoms with Gasteiger partial charge in [0.15, 0.2) is 0 Å². The maximum atomic E-state index is 11.4. The lowest BCUT2D eigenvalue weighted by Gasteiger charge is -1.98. The third kappa shape index (κ3) is 1.76. The van der Waals surface area contributed by atoms with Crippen LogP contribution in [0.2, 0.25) is 0 Å². The van der Waals surface area contributed by atoms with Crippen LogP contribution in [0.25, 0.3) is 10.1 Å². The molecule has 0 aliphatic heterocycles. The molecule has 1 aromatic heterocycles. The number of benzene rings is 1. The predicted molar refractivity (Wildman–Crippen MR) is 59.1 cm³/mol. The molecule has 0 atom stereocenters. The van der Waals surface area contributed by atoms with E-state index in [1.165, 1.54) is 11.3 Å². The highest BCUT2D eigenvalue weighted by molar-refractivity contribution is 7.89. The molecule has 0 spiro atoms.